The van der Waals surface area contributed by atoms with Crippen molar-refractivity contribution in [3.63, 3.8) is 0 Å². The van der Waals surface area contributed by atoms with Crippen LogP contribution in [-0.4, -0.2) is 64.7 Å². The topological polar surface area (TPSA) is 123 Å². The highest BCUT2D eigenvalue weighted by Gasteiger charge is 2.57. The van der Waals surface area contributed by atoms with Gasteiger partial charge in [-0.25, -0.2) is 4.79 Å². The lowest BCUT2D eigenvalue weighted by molar-refractivity contribution is -0.183. The molecule has 8 atom stereocenters. The van der Waals surface area contributed by atoms with Gasteiger partial charge in [-0.2, -0.15) is 5.06 Å². The number of aliphatic hydroxyl groups excluding tert-OH is 2. The Balaban J connectivity index is 1.21. The molecule has 5 N–H and O–H groups in total. The van der Waals surface area contributed by atoms with E-state index in [4.69, 9.17) is 4.84 Å². The zero-order valence-electron chi connectivity index (χ0n) is 26.1. The molecule has 0 spiro atoms. The van der Waals surface area contributed by atoms with E-state index >= 15 is 0 Å². The molecule has 1 saturated heterocycles. The zero-order valence-corrected chi connectivity index (χ0v) is 26.1. The standard InChI is InChI=1S/C35H46N4O5/c1-22-28-17-27(35(28,3)4)18-29(22)38-33(42)32-31(23(2)41)30(21-40)44-39(32)20-26-13-8-12-24(16-26)14-9-15-36-34(43)37-19-25-10-6-5-7-11-25/h5-8,10-13,16,22-23,27-32,40-41H,15,17-21H2,1-4H3,(H,38,42)(H2,36,37,43)/t22-,23-,27+,28-,29-,30-,31+,32-/m0/s1. The molecule has 0 unspecified atom stereocenters. The summed E-state index contributed by atoms with van der Waals surface area (Å²) in [5.41, 5.74) is 2.96. The molecule has 4 aliphatic rings. The number of fused-ring (bicyclic) bond motifs is 2. The minimum atomic E-state index is -0.849. The van der Waals surface area contributed by atoms with Crippen LogP contribution < -0.4 is 16.0 Å². The molecule has 3 amide bonds. The average molecular weight is 603 g/mol. The van der Waals surface area contributed by atoms with E-state index in [1.807, 2.05) is 54.6 Å². The highest BCUT2D eigenvalue weighted by molar-refractivity contribution is 5.83. The normalized spacial score (nSPS) is 29.5. The van der Waals surface area contributed by atoms with Crippen LogP contribution in [0.2, 0.25) is 0 Å². The Labute approximate surface area is 260 Å². The highest BCUT2D eigenvalue weighted by atomic mass is 16.7. The fraction of sp³-hybridized carbons (Fsp3) is 0.543. The number of amides is 3. The SMILES string of the molecule is C[C@@H]1[C@@H](NC(=O)[C@@H]2[C@H]([C@H](C)O)[C@H](CO)ON2Cc2cccc(C#CCNC(=O)NCc3ccccc3)c2)C[C@H]2C[C@@H]1C2(C)C. The highest BCUT2D eigenvalue weighted by Crippen LogP contribution is 2.61. The quantitative estimate of drug-likeness (QED) is 0.281. The van der Waals surface area contributed by atoms with Crippen molar-refractivity contribution in [3.8, 4) is 11.8 Å². The monoisotopic (exact) mass is 602 g/mol. The predicted molar refractivity (Wildman–Crippen MR) is 168 cm³/mol. The number of carbonyl (C=O) groups excluding carboxylic acids is 2. The molecule has 9 nitrogen and oxygen atoms in total. The van der Waals surface area contributed by atoms with Crippen LogP contribution in [0.3, 0.4) is 0 Å². The summed E-state index contributed by atoms with van der Waals surface area (Å²) in [5, 5.41) is 31.2. The largest absolute Gasteiger partial charge is 0.394 e. The maximum atomic E-state index is 13.9. The van der Waals surface area contributed by atoms with Crippen molar-refractivity contribution in [1.82, 2.24) is 21.0 Å². The van der Waals surface area contributed by atoms with Gasteiger partial charge in [0.1, 0.15) is 12.1 Å². The number of benzene rings is 2. The van der Waals surface area contributed by atoms with Crippen molar-refractivity contribution in [1.29, 1.82) is 0 Å². The zero-order chi connectivity index (χ0) is 31.4. The van der Waals surface area contributed by atoms with Crippen LogP contribution in [0.5, 0.6) is 0 Å². The van der Waals surface area contributed by atoms with Crippen molar-refractivity contribution in [2.75, 3.05) is 13.2 Å². The fourth-order valence-corrected chi connectivity index (χ4v) is 7.52. The van der Waals surface area contributed by atoms with Gasteiger partial charge in [0.05, 0.1) is 25.8 Å². The number of carbonyl (C=O) groups is 2. The fourth-order valence-electron chi connectivity index (χ4n) is 7.52. The van der Waals surface area contributed by atoms with Crippen molar-refractivity contribution < 1.29 is 24.6 Å². The van der Waals surface area contributed by atoms with Gasteiger partial charge in [0.15, 0.2) is 0 Å². The predicted octanol–water partition coefficient (Wildman–Crippen LogP) is 3.20. The Bertz CT molecular complexity index is 1370. The van der Waals surface area contributed by atoms with Crippen LogP contribution in [0.25, 0.3) is 0 Å². The van der Waals surface area contributed by atoms with E-state index in [1.54, 1.807) is 12.0 Å². The van der Waals surface area contributed by atoms with E-state index in [0.717, 1.165) is 23.1 Å². The summed E-state index contributed by atoms with van der Waals surface area (Å²) in [5.74, 6) is 6.87. The minimum absolute atomic E-state index is 0.0802. The van der Waals surface area contributed by atoms with Gasteiger partial charge in [-0.1, -0.05) is 75.1 Å². The molecule has 3 saturated carbocycles. The van der Waals surface area contributed by atoms with Crippen LogP contribution in [0.1, 0.15) is 57.2 Å². The minimum Gasteiger partial charge on any atom is -0.394 e. The molecule has 2 aromatic carbocycles. The summed E-state index contributed by atoms with van der Waals surface area (Å²) in [6, 6.07) is 16.3. The second-order valence-corrected chi connectivity index (χ2v) is 13.3. The first-order valence-electron chi connectivity index (χ1n) is 15.7. The first-order valence-corrected chi connectivity index (χ1v) is 15.7. The van der Waals surface area contributed by atoms with Crippen molar-refractivity contribution in [2.24, 2.45) is 29.1 Å². The van der Waals surface area contributed by atoms with Crippen molar-refractivity contribution in [2.45, 2.75) is 77.9 Å². The first-order chi connectivity index (χ1) is 21.1. The van der Waals surface area contributed by atoms with Crippen LogP contribution in [0, 0.1) is 40.9 Å². The van der Waals surface area contributed by atoms with Gasteiger partial charge >= 0.3 is 6.03 Å². The smallest absolute Gasteiger partial charge is 0.315 e. The number of aliphatic hydroxyl groups is 2. The Morgan fingerprint density at radius 1 is 1.09 bits per heavy atom. The average Bonchev–Trinajstić information content (AvgIpc) is 3.38. The molecule has 9 heteroatoms. The third kappa shape index (κ3) is 6.94. The Hall–Kier alpha value is -3.42. The van der Waals surface area contributed by atoms with Crippen molar-refractivity contribution in [3.05, 3.63) is 71.3 Å². The van der Waals surface area contributed by atoms with Crippen LogP contribution in [0.15, 0.2) is 54.6 Å². The number of hydrogen-bond acceptors (Lipinski definition) is 6. The Morgan fingerprint density at radius 2 is 1.84 bits per heavy atom. The third-order valence-corrected chi connectivity index (χ3v) is 10.2. The number of rotatable bonds is 9. The number of hydrogen-bond donors (Lipinski definition) is 5. The molecular formula is C35H46N4O5. The first kappa shape index (κ1) is 32.0. The van der Waals surface area contributed by atoms with Gasteiger partial charge in [0, 0.05) is 24.1 Å². The molecule has 3 aliphatic carbocycles. The molecule has 1 heterocycles. The van der Waals surface area contributed by atoms with Gasteiger partial charge in [-0.15, -0.1) is 0 Å². The van der Waals surface area contributed by atoms with E-state index in [9.17, 15) is 19.8 Å². The number of nitrogens with zero attached hydrogens (tertiary/aromatic N) is 1. The molecule has 1 aliphatic heterocycles. The summed E-state index contributed by atoms with van der Waals surface area (Å²) in [6.45, 7) is 9.16. The molecule has 44 heavy (non-hydrogen) atoms. The summed E-state index contributed by atoms with van der Waals surface area (Å²) >= 11 is 0. The van der Waals surface area contributed by atoms with Gasteiger partial charge in [0.25, 0.3) is 0 Å². The lowest BCUT2D eigenvalue weighted by Crippen LogP contribution is -2.62. The molecule has 6 rings (SSSR count). The second-order valence-electron chi connectivity index (χ2n) is 13.3. The molecule has 0 radical (unpaired) electrons. The van der Waals surface area contributed by atoms with Gasteiger partial charge < -0.3 is 26.2 Å². The third-order valence-electron chi connectivity index (χ3n) is 10.2. The lowest BCUT2D eigenvalue weighted by Gasteiger charge is -2.62. The Kier molecular flexibility index (Phi) is 9.96. The van der Waals surface area contributed by atoms with E-state index in [0.29, 0.717) is 29.7 Å². The summed E-state index contributed by atoms with van der Waals surface area (Å²) in [4.78, 5) is 32.0. The molecule has 2 bridgehead atoms. The van der Waals surface area contributed by atoms with Crippen LogP contribution in [-0.2, 0) is 22.7 Å². The van der Waals surface area contributed by atoms with Gasteiger partial charge in [-0.05, 0) is 66.2 Å². The molecule has 4 fully saturated rings. The number of nitrogens with one attached hydrogen (secondary N) is 3. The molecule has 0 aromatic heterocycles. The van der Waals surface area contributed by atoms with E-state index < -0.39 is 24.2 Å². The number of urea groups is 1. The van der Waals surface area contributed by atoms with Crippen LogP contribution >= 0.6 is 0 Å². The second kappa shape index (κ2) is 13.7. The molecule has 2 aromatic rings. The van der Waals surface area contributed by atoms with E-state index in [-0.39, 0.29) is 37.7 Å². The Morgan fingerprint density at radius 3 is 2.52 bits per heavy atom. The van der Waals surface area contributed by atoms with E-state index in [1.165, 1.54) is 6.42 Å². The van der Waals surface area contributed by atoms with Crippen molar-refractivity contribution >= 4 is 11.9 Å². The van der Waals surface area contributed by atoms with Gasteiger partial charge in [0.2, 0.25) is 5.91 Å². The number of hydroxylamine groups is 2. The molecule has 236 valence electrons. The molecular weight excluding hydrogens is 556 g/mol. The lowest BCUT2D eigenvalue weighted by atomic mass is 9.45. The van der Waals surface area contributed by atoms with Crippen LogP contribution in [0.4, 0.5) is 4.79 Å². The van der Waals surface area contributed by atoms with E-state index in [2.05, 4.69) is 48.6 Å². The maximum Gasteiger partial charge on any atom is 0.315 e. The summed E-state index contributed by atoms with van der Waals surface area (Å²) < 4.78 is 0. The summed E-state index contributed by atoms with van der Waals surface area (Å²) in [6.07, 6.45) is 0.637. The van der Waals surface area contributed by atoms with Gasteiger partial charge in [-0.3, -0.25) is 9.63 Å². The summed E-state index contributed by atoms with van der Waals surface area (Å²) in [7, 11) is 0. The maximum absolute atomic E-state index is 13.9.